The van der Waals surface area contributed by atoms with Crippen LogP contribution < -0.4 is 5.32 Å². The van der Waals surface area contributed by atoms with E-state index in [4.69, 9.17) is 10.2 Å². The molecule has 3 N–H and O–H groups in total. The minimum Gasteiger partial charge on any atom is -0.480 e. The van der Waals surface area contributed by atoms with Gasteiger partial charge in [0.05, 0.1) is 13.2 Å². The van der Waals surface area contributed by atoms with Crippen molar-refractivity contribution in [3.63, 3.8) is 0 Å². The smallest absolute Gasteiger partial charge is 0.326 e. The average molecular weight is 268 g/mol. The number of nitrogens with one attached hydrogen (secondary N) is 1. The Morgan fingerprint density at radius 1 is 1.33 bits per heavy atom. The van der Waals surface area contributed by atoms with Gasteiger partial charge in [-0.1, -0.05) is 13.8 Å². The molecule has 0 aromatic carbocycles. The van der Waals surface area contributed by atoms with E-state index in [1.807, 2.05) is 0 Å². The number of urea groups is 1. The fraction of sp³-hybridized carbons (Fsp3) is 0.800. The monoisotopic (exact) mass is 268 g/mol. The summed E-state index contributed by atoms with van der Waals surface area (Å²) in [4.78, 5) is 23.1. The van der Waals surface area contributed by atoms with Crippen LogP contribution in [0, 0.1) is 5.92 Å². The Labute approximate surface area is 104 Å². The van der Waals surface area contributed by atoms with Crippen molar-refractivity contribution in [3.05, 3.63) is 0 Å². The van der Waals surface area contributed by atoms with Gasteiger partial charge in [0.15, 0.2) is 0 Å². The lowest BCUT2D eigenvalue weighted by molar-refractivity contribution is -0.140. The van der Waals surface area contributed by atoms with Crippen molar-refractivity contribution in [2.24, 2.45) is 5.92 Å². The minimum atomic E-state index is -2.75. The summed E-state index contributed by atoms with van der Waals surface area (Å²) >= 11 is 0. The van der Waals surface area contributed by atoms with E-state index in [-0.39, 0.29) is 12.5 Å². The maximum atomic E-state index is 12.2. The molecule has 0 aliphatic carbocycles. The maximum absolute atomic E-state index is 12.2. The topological polar surface area (TPSA) is 89.9 Å². The van der Waals surface area contributed by atoms with Crippen LogP contribution in [0.4, 0.5) is 13.6 Å². The lowest BCUT2D eigenvalue weighted by Gasteiger charge is -2.25. The fourth-order valence-electron chi connectivity index (χ4n) is 1.30. The van der Waals surface area contributed by atoms with Gasteiger partial charge in [0.2, 0.25) is 0 Å². The molecule has 0 aliphatic rings. The summed E-state index contributed by atoms with van der Waals surface area (Å²) in [5.74, 6) is -1.62. The van der Waals surface area contributed by atoms with E-state index in [1.54, 1.807) is 13.8 Å². The van der Waals surface area contributed by atoms with Crippen LogP contribution in [0.15, 0.2) is 0 Å². The van der Waals surface area contributed by atoms with Gasteiger partial charge in [-0.2, -0.15) is 0 Å². The maximum Gasteiger partial charge on any atom is 0.326 e. The second kappa shape index (κ2) is 7.80. The second-order valence-corrected chi connectivity index (χ2v) is 4.07. The van der Waals surface area contributed by atoms with Crippen molar-refractivity contribution in [1.82, 2.24) is 10.2 Å². The highest BCUT2D eigenvalue weighted by atomic mass is 19.3. The molecule has 1 atom stereocenters. The number of hydrogen-bond donors (Lipinski definition) is 3. The van der Waals surface area contributed by atoms with Crippen molar-refractivity contribution in [3.8, 4) is 0 Å². The number of aliphatic hydroxyl groups is 1. The fourth-order valence-corrected chi connectivity index (χ4v) is 1.30. The van der Waals surface area contributed by atoms with Gasteiger partial charge < -0.3 is 20.4 Å². The van der Waals surface area contributed by atoms with Gasteiger partial charge in [0.1, 0.15) is 6.04 Å². The van der Waals surface area contributed by atoms with Crippen molar-refractivity contribution in [1.29, 1.82) is 0 Å². The zero-order valence-electron chi connectivity index (χ0n) is 10.3. The van der Waals surface area contributed by atoms with Gasteiger partial charge in [-0.3, -0.25) is 0 Å². The SMILES string of the molecule is CC(C)[C@@H](NC(=O)N(CCO)CC(F)F)C(=O)O. The molecular formula is C10H18F2N2O4. The summed E-state index contributed by atoms with van der Waals surface area (Å²) in [6.07, 6.45) is -2.75. The van der Waals surface area contributed by atoms with Crippen molar-refractivity contribution in [2.75, 3.05) is 19.7 Å². The Morgan fingerprint density at radius 3 is 2.22 bits per heavy atom. The van der Waals surface area contributed by atoms with Crippen molar-refractivity contribution < 1.29 is 28.6 Å². The molecule has 0 spiro atoms. The molecule has 0 rings (SSSR count). The standard InChI is InChI=1S/C10H18F2N2O4/c1-6(2)8(9(16)17)13-10(18)14(3-4-15)5-7(11)12/h6-8,15H,3-5H2,1-2H3,(H,13,18)(H,16,17)/t8-/m1/s1. The second-order valence-electron chi connectivity index (χ2n) is 4.07. The van der Waals surface area contributed by atoms with E-state index in [1.165, 1.54) is 0 Å². The van der Waals surface area contributed by atoms with Crippen LogP contribution in [0.25, 0.3) is 0 Å². The molecule has 0 saturated carbocycles. The van der Waals surface area contributed by atoms with Crippen molar-refractivity contribution in [2.45, 2.75) is 26.3 Å². The van der Waals surface area contributed by atoms with Crippen LogP contribution in [0.5, 0.6) is 0 Å². The predicted octanol–water partition coefficient (Wildman–Crippen LogP) is 0.365. The summed E-state index contributed by atoms with van der Waals surface area (Å²) in [6.45, 7) is 1.57. The first-order valence-electron chi connectivity index (χ1n) is 5.46. The highest BCUT2D eigenvalue weighted by Gasteiger charge is 2.26. The molecule has 0 aliphatic heterocycles. The Kier molecular flexibility index (Phi) is 7.18. The molecule has 8 heteroatoms. The van der Waals surface area contributed by atoms with Gasteiger partial charge >= 0.3 is 12.0 Å². The third-order valence-electron chi connectivity index (χ3n) is 2.23. The summed E-state index contributed by atoms with van der Waals surface area (Å²) in [5, 5.41) is 19.7. The number of carbonyl (C=O) groups is 2. The molecule has 0 heterocycles. The predicted molar refractivity (Wildman–Crippen MR) is 59.5 cm³/mol. The Balaban J connectivity index is 4.61. The minimum absolute atomic E-state index is 0.277. The summed E-state index contributed by atoms with van der Waals surface area (Å²) in [6, 6.07) is -2.08. The van der Waals surface area contributed by atoms with Crippen LogP contribution >= 0.6 is 0 Å². The number of nitrogens with zero attached hydrogens (tertiary/aromatic N) is 1. The highest BCUT2D eigenvalue weighted by Crippen LogP contribution is 2.04. The van der Waals surface area contributed by atoms with Crippen LogP contribution in [-0.2, 0) is 4.79 Å². The Bertz CT molecular complexity index is 287. The Hall–Kier alpha value is -1.44. The van der Waals surface area contributed by atoms with Crippen LogP contribution in [-0.4, -0.2) is 59.3 Å². The number of rotatable bonds is 7. The third kappa shape index (κ3) is 5.76. The van der Waals surface area contributed by atoms with E-state index < -0.39 is 37.6 Å². The molecule has 2 amide bonds. The normalized spacial score (nSPS) is 12.6. The number of carbonyl (C=O) groups excluding carboxylic acids is 1. The largest absolute Gasteiger partial charge is 0.480 e. The van der Waals surface area contributed by atoms with Crippen molar-refractivity contribution >= 4 is 12.0 Å². The molecule has 0 saturated heterocycles. The number of hydrogen-bond acceptors (Lipinski definition) is 3. The van der Waals surface area contributed by atoms with Gasteiger partial charge in [0.25, 0.3) is 6.43 Å². The van der Waals surface area contributed by atoms with E-state index >= 15 is 0 Å². The molecule has 0 bridgehead atoms. The number of halogens is 2. The number of amides is 2. The van der Waals surface area contributed by atoms with Crippen LogP contribution in [0.2, 0.25) is 0 Å². The number of alkyl halides is 2. The first-order chi connectivity index (χ1) is 8.29. The summed E-state index contributed by atoms with van der Waals surface area (Å²) < 4.78 is 24.4. The first-order valence-corrected chi connectivity index (χ1v) is 5.46. The molecule has 106 valence electrons. The van der Waals surface area contributed by atoms with Gasteiger partial charge in [-0.25, -0.2) is 18.4 Å². The van der Waals surface area contributed by atoms with Gasteiger partial charge in [-0.05, 0) is 5.92 Å². The average Bonchev–Trinajstić information content (AvgIpc) is 2.23. The molecule has 0 aromatic heterocycles. The number of carboxylic acids is 1. The molecule has 6 nitrogen and oxygen atoms in total. The Morgan fingerprint density at radius 2 is 1.89 bits per heavy atom. The van der Waals surface area contributed by atoms with Gasteiger partial charge in [-0.15, -0.1) is 0 Å². The summed E-state index contributed by atoms with van der Waals surface area (Å²) in [5.41, 5.74) is 0. The molecule has 0 unspecified atom stereocenters. The molecule has 0 radical (unpaired) electrons. The zero-order chi connectivity index (χ0) is 14.3. The third-order valence-corrected chi connectivity index (χ3v) is 2.23. The number of carboxylic acid groups (broad SMARTS) is 1. The number of aliphatic carboxylic acids is 1. The lowest BCUT2D eigenvalue weighted by atomic mass is 10.1. The van der Waals surface area contributed by atoms with Crippen LogP contribution in [0.3, 0.4) is 0 Å². The zero-order valence-corrected chi connectivity index (χ0v) is 10.3. The van der Waals surface area contributed by atoms with E-state index in [2.05, 4.69) is 5.32 Å². The molecule has 0 fully saturated rings. The lowest BCUT2D eigenvalue weighted by Crippen LogP contribution is -2.51. The molecule has 18 heavy (non-hydrogen) atoms. The van der Waals surface area contributed by atoms with E-state index in [0.717, 1.165) is 0 Å². The highest BCUT2D eigenvalue weighted by molar-refractivity contribution is 5.82. The molecular weight excluding hydrogens is 250 g/mol. The van der Waals surface area contributed by atoms with Crippen LogP contribution in [0.1, 0.15) is 13.8 Å². The summed E-state index contributed by atoms with van der Waals surface area (Å²) in [7, 11) is 0. The first kappa shape index (κ1) is 16.6. The number of aliphatic hydroxyl groups excluding tert-OH is 1. The quantitative estimate of drug-likeness (QED) is 0.622. The molecule has 0 aromatic rings. The van der Waals surface area contributed by atoms with E-state index in [9.17, 15) is 18.4 Å². The van der Waals surface area contributed by atoms with E-state index in [0.29, 0.717) is 4.90 Å². The van der Waals surface area contributed by atoms with Gasteiger partial charge in [0, 0.05) is 6.54 Å².